The standard InChI is InChI=1S/C19H17N5O3S/c25-19(23-22-14-16-9-12-20-13-10-16)15-24(18-8-4-5-11-21-18)28(26,27)17-6-2-1-3-7-17/h1-14H,15H2,(H,23,25)/b22-14-. The molecule has 0 fully saturated rings. The Morgan fingerprint density at radius 1 is 1.00 bits per heavy atom. The van der Waals surface area contributed by atoms with Gasteiger partial charge in [0.05, 0.1) is 11.1 Å². The number of benzene rings is 1. The van der Waals surface area contributed by atoms with Gasteiger partial charge in [-0.2, -0.15) is 5.10 Å². The highest BCUT2D eigenvalue weighted by atomic mass is 32.2. The third kappa shape index (κ3) is 4.77. The van der Waals surface area contributed by atoms with Gasteiger partial charge in [-0.3, -0.25) is 9.78 Å². The Morgan fingerprint density at radius 2 is 1.71 bits per heavy atom. The van der Waals surface area contributed by atoms with Crippen LogP contribution in [0.15, 0.2) is 89.3 Å². The zero-order chi connectivity index (χ0) is 19.8. The molecule has 0 unspecified atom stereocenters. The maximum atomic E-state index is 13.0. The molecule has 0 radical (unpaired) electrons. The maximum Gasteiger partial charge on any atom is 0.265 e. The third-order valence-corrected chi connectivity index (χ3v) is 5.40. The van der Waals surface area contributed by atoms with E-state index >= 15 is 0 Å². The fourth-order valence-corrected chi connectivity index (χ4v) is 3.70. The van der Waals surface area contributed by atoms with Gasteiger partial charge >= 0.3 is 0 Å². The molecule has 0 saturated carbocycles. The van der Waals surface area contributed by atoms with Crippen molar-refractivity contribution < 1.29 is 13.2 Å². The van der Waals surface area contributed by atoms with E-state index in [-0.39, 0.29) is 10.7 Å². The van der Waals surface area contributed by atoms with Crippen LogP contribution in [0.4, 0.5) is 5.82 Å². The van der Waals surface area contributed by atoms with Gasteiger partial charge in [0.1, 0.15) is 12.4 Å². The summed E-state index contributed by atoms with van der Waals surface area (Å²) in [6.07, 6.45) is 6.09. The molecule has 0 aliphatic rings. The van der Waals surface area contributed by atoms with Gasteiger partial charge in [0.2, 0.25) is 0 Å². The fraction of sp³-hybridized carbons (Fsp3) is 0.0526. The summed E-state index contributed by atoms with van der Waals surface area (Å²) in [6, 6.07) is 16.1. The van der Waals surface area contributed by atoms with Crippen LogP contribution in [0.5, 0.6) is 0 Å². The molecule has 8 nitrogen and oxygen atoms in total. The summed E-state index contributed by atoms with van der Waals surface area (Å²) < 4.78 is 27.0. The van der Waals surface area contributed by atoms with Crippen LogP contribution in [0.2, 0.25) is 0 Å². The molecule has 28 heavy (non-hydrogen) atoms. The Labute approximate surface area is 162 Å². The van der Waals surface area contributed by atoms with Crippen LogP contribution in [-0.2, 0) is 14.8 Å². The summed E-state index contributed by atoms with van der Waals surface area (Å²) in [6.45, 7) is -0.470. The summed E-state index contributed by atoms with van der Waals surface area (Å²) in [5.74, 6) is -0.463. The number of sulfonamides is 1. The average Bonchev–Trinajstić information content (AvgIpc) is 2.74. The minimum atomic E-state index is -3.98. The molecule has 1 N–H and O–H groups in total. The molecule has 2 aromatic heterocycles. The molecule has 3 rings (SSSR count). The van der Waals surface area contributed by atoms with Gasteiger partial charge in [0.25, 0.3) is 15.9 Å². The number of aromatic nitrogens is 2. The van der Waals surface area contributed by atoms with Crippen molar-refractivity contribution in [2.24, 2.45) is 5.10 Å². The van der Waals surface area contributed by atoms with Crippen LogP contribution in [-0.4, -0.2) is 37.1 Å². The second kappa shape index (κ2) is 8.87. The first kappa shape index (κ1) is 19.2. The lowest BCUT2D eigenvalue weighted by molar-refractivity contribution is -0.119. The second-order valence-electron chi connectivity index (χ2n) is 5.59. The van der Waals surface area contributed by atoms with Crippen molar-refractivity contribution in [1.82, 2.24) is 15.4 Å². The molecule has 0 spiro atoms. The first-order valence-electron chi connectivity index (χ1n) is 8.28. The summed E-state index contributed by atoms with van der Waals surface area (Å²) in [5.41, 5.74) is 3.08. The average molecular weight is 395 g/mol. The molecule has 0 aliphatic carbocycles. The van der Waals surface area contributed by atoms with Gasteiger partial charge < -0.3 is 0 Å². The number of hydrogen-bond acceptors (Lipinski definition) is 6. The topological polar surface area (TPSA) is 105 Å². The lowest BCUT2D eigenvalue weighted by atomic mass is 10.3. The number of amides is 1. The molecule has 1 aromatic carbocycles. The van der Waals surface area contributed by atoms with E-state index in [0.29, 0.717) is 0 Å². The van der Waals surface area contributed by atoms with Crippen LogP contribution in [0.25, 0.3) is 0 Å². The Hall–Kier alpha value is -3.59. The number of nitrogens with one attached hydrogen (secondary N) is 1. The Bertz CT molecular complexity index is 1040. The maximum absolute atomic E-state index is 13.0. The lowest BCUT2D eigenvalue weighted by Crippen LogP contribution is -2.40. The number of hydrogen-bond donors (Lipinski definition) is 1. The van der Waals surface area contributed by atoms with E-state index in [9.17, 15) is 13.2 Å². The highest BCUT2D eigenvalue weighted by molar-refractivity contribution is 7.92. The normalized spacial score (nSPS) is 11.3. The van der Waals surface area contributed by atoms with Crippen LogP contribution in [0.1, 0.15) is 5.56 Å². The number of pyridine rings is 2. The van der Waals surface area contributed by atoms with Gasteiger partial charge in [-0.25, -0.2) is 23.1 Å². The molecule has 1 amide bonds. The van der Waals surface area contributed by atoms with Crippen LogP contribution in [0, 0.1) is 0 Å². The zero-order valence-corrected chi connectivity index (χ0v) is 15.5. The largest absolute Gasteiger partial charge is 0.271 e. The minimum Gasteiger partial charge on any atom is -0.271 e. The Kier molecular flexibility index (Phi) is 6.07. The lowest BCUT2D eigenvalue weighted by Gasteiger charge is -2.22. The van der Waals surface area contributed by atoms with Crippen molar-refractivity contribution in [3.8, 4) is 0 Å². The van der Waals surface area contributed by atoms with Crippen LogP contribution >= 0.6 is 0 Å². The van der Waals surface area contributed by atoms with E-state index in [0.717, 1.165) is 9.87 Å². The monoisotopic (exact) mass is 395 g/mol. The van der Waals surface area contributed by atoms with Crippen molar-refractivity contribution >= 4 is 28.0 Å². The van der Waals surface area contributed by atoms with Gasteiger partial charge in [-0.05, 0) is 42.0 Å². The molecular formula is C19H17N5O3S. The summed E-state index contributed by atoms with van der Waals surface area (Å²) >= 11 is 0. The molecule has 0 saturated heterocycles. The van der Waals surface area contributed by atoms with E-state index in [2.05, 4.69) is 20.5 Å². The van der Waals surface area contributed by atoms with Gasteiger partial charge in [0, 0.05) is 18.6 Å². The smallest absolute Gasteiger partial charge is 0.265 e. The van der Waals surface area contributed by atoms with Crippen molar-refractivity contribution in [3.05, 3.63) is 84.8 Å². The Balaban J connectivity index is 1.80. The molecular weight excluding hydrogens is 378 g/mol. The number of anilines is 1. The second-order valence-corrected chi connectivity index (χ2v) is 7.45. The fourth-order valence-electron chi connectivity index (χ4n) is 2.30. The van der Waals surface area contributed by atoms with E-state index in [4.69, 9.17) is 0 Å². The zero-order valence-electron chi connectivity index (χ0n) is 14.7. The minimum absolute atomic E-state index is 0.0636. The number of nitrogens with zero attached hydrogens (tertiary/aromatic N) is 4. The van der Waals surface area contributed by atoms with Crippen molar-refractivity contribution in [2.75, 3.05) is 10.8 Å². The number of rotatable bonds is 7. The molecule has 0 aliphatic heterocycles. The molecule has 3 aromatic rings. The highest BCUT2D eigenvalue weighted by Crippen LogP contribution is 2.21. The quantitative estimate of drug-likeness (QED) is 0.485. The van der Waals surface area contributed by atoms with Gasteiger partial charge in [-0.1, -0.05) is 24.3 Å². The molecule has 2 heterocycles. The van der Waals surface area contributed by atoms with E-state index in [1.165, 1.54) is 30.6 Å². The number of hydrazone groups is 1. The van der Waals surface area contributed by atoms with Crippen molar-refractivity contribution in [1.29, 1.82) is 0 Å². The van der Waals surface area contributed by atoms with Gasteiger partial charge in [0.15, 0.2) is 0 Å². The number of carbonyl (C=O) groups is 1. The van der Waals surface area contributed by atoms with E-state index in [1.54, 1.807) is 54.9 Å². The summed E-state index contributed by atoms with van der Waals surface area (Å²) in [5, 5.41) is 3.85. The number of carbonyl (C=O) groups excluding carboxylic acids is 1. The summed E-state index contributed by atoms with van der Waals surface area (Å²) in [4.78, 5) is 20.3. The molecule has 0 atom stereocenters. The SMILES string of the molecule is O=C(CN(c1ccccn1)S(=O)(=O)c1ccccc1)N/N=C\c1ccncc1. The molecule has 9 heteroatoms. The Morgan fingerprint density at radius 3 is 2.39 bits per heavy atom. The predicted octanol–water partition coefficient (Wildman–Crippen LogP) is 1.82. The first-order valence-corrected chi connectivity index (χ1v) is 9.72. The van der Waals surface area contributed by atoms with E-state index < -0.39 is 22.5 Å². The van der Waals surface area contributed by atoms with Crippen LogP contribution in [0.3, 0.4) is 0 Å². The van der Waals surface area contributed by atoms with Crippen molar-refractivity contribution in [2.45, 2.75) is 4.90 Å². The van der Waals surface area contributed by atoms with E-state index in [1.807, 2.05) is 0 Å². The molecule has 0 bridgehead atoms. The van der Waals surface area contributed by atoms with Crippen molar-refractivity contribution in [3.63, 3.8) is 0 Å². The van der Waals surface area contributed by atoms with Crippen LogP contribution < -0.4 is 9.73 Å². The highest BCUT2D eigenvalue weighted by Gasteiger charge is 2.27. The molecule has 142 valence electrons. The van der Waals surface area contributed by atoms with Gasteiger partial charge in [-0.15, -0.1) is 0 Å². The predicted molar refractivity (Wildman–Crippen MR) is 105 cm³/mol. The third-order valence-electron chi connectivity index (χ3n) is 3.63. The summed E-state index contributed by atoms with van der Waals surface area (Å²) in [7, 11) is -3.98. The first-order chi connectivity index (χ1) is 13.6.